The first-order valence-corrected chi connectivity index (χ1v) is 6.08. The lowest BCUT2D eigenvalue weighted by Crippen LogP contribution is -2.44. The molecular formula is C14H28O2. The topological polar surface area (TPSA) is 26.3 Å². The fourth-order valence-electron chi connectivity index (χ4n) is 1.95. The summed E-state index contributed by atoms with van der Waals surface area (Å²) in [6.07, 6.45) is 1.92. The van der Waals surface area contributed by atoms with E-state index in [0.717, 1.165) is 12.8 Å². The minimum absolute atomic E-state index is 0.0907. The third-order valence-electron chi connectivity index (χ3n) is 4.08. The molecule has 2 nitrogen and oxygen atoms in total. The number of carbonyl (C=O) groups is 1. The zero-order valence-corrected chi connectivity index (χ0v) is 12.2. The highest BCUT2D eigenvalue weighted by Gasteiger charge is 2.47. The zero-order valence-electron chi connectivity index (χ0n) is 12.2. The Bertz CT molecular complexity index is 248. The largest absolute Gasteiger partial charge is 0.469 e. The van der Waals surface area contributed by atoms with Gasteiger partial charge in [0.05, 0.1) is 12.5 Å². The molecule has 0 aliphatic heterocycles. The van der Waals surface area contributed by atoms with E-state index < -0.39 is 5.41 Å². The second-order valence-corrected chi connectivity index (χ2v) is 6.77. The Morgan fingerprint density at radius 1 is 1.06 bits per heavy atom. The molecule has 0 rings (SSSR count). The molecule has 1 atom stereocenters. The van der Waals surface area contributed by atoms with Crippen LogP contribution in [0.2, 0.25) is 0 Å². The van der Waals surface area contributed by atoms with Crippen LogP contribution in [0, 0.1) is 16.2 Å². The molecule has 0 bridgehead atoms. The number of carbonyl (C=O) groups excluding carboxylic acids is 1. The van der Waals surface area contributed by atoms with Gasteiger partial charge in [0.15, 0.2) is 0 Å². The quantitative estimate of drug-likeness (QED) is 0.679. The summed E-state index contributed by atoms with van der Waals surface area (Å²) in [5, 5.41) is 0. The summed E-state index contributed by atoms with van der Waals surface area (Å²) in [5.41, 5.74) is -0.357. The van der Waals surface area contributed by atoms with E-state index in [1.54, 1.807) is 0 Å². The average Bonchev–Trinajstić information content (AvgIpc) is 2.14. The van der Waals surface area contributed by atoms with E-state index in [-0.39, 0.29) is 16.8 Å². The molecule has 0 spiro atoms. The number of hydrogen-bond acceptors (Lipinski definition) is 2. The molecule has 0 fully saturated rings. The van der Waals surface area contributed by atoms with Gasteiger partial charge in [-0.15, -0.1) is 0 Å². The Hall–Kier alpha value is -0.530. The molecule has 0 amide bonds. The Morgan fingerprint density at radius 2 is 1.50 bits per heavy atom. The van der Waals surface area contributed by atoms with Crippen molar-refractivity contribution in [1.82, 2.24) is 0 Å². The van der Waals surface area contributed by atoms with E-state index in [4.69, 9.17) is 4.74 Å². The lowest BCUT2D eigenvalue weighted by atomic mass is 9.60. The summed E-state index contributed by atoms with van der Waals surface area (Å²) in [4.78, 5) is 12.1. The first kappa shape index (κ1) is 15.5. The van der Waals surface area contributed by atoms with Gasteiger partial charge in [0.2, 0.25) is 0 Å². The van der Waals surface area contributed by atoms with E-state index in [2.05, 4.69) is 41.5 Å². The van der Waals surface area contributed by atoms with Crippen LogP contribution in [0.15, 0.2) is 0 Å². The van der Waals surface area contributed by atoms with Crippen LogP contribution in [-0.4, -0.2) is 13.1 Å². The van der Waals surface area contributed by atoms with Gasteiger partial charge < -0.3 is 4.74 Å². The lowest BCUT2D eigenvalue weighted by molar-refractivity contribution is -0.161. The van der Waals surface area contributed by atoms with Gasteiger partial charge in [-0.2, -0.15) is 0 Å². The molecule has 0 aromatic heterocycles. The summed E-state index contributed by atoms with van der Waals surface area (Å²) in [5.74, 6) is -0.0958. The van der Waals surface area contributed by atoms with Crippen molar-refractivity contribution in [3.63, 3.8) is 0 Å². The molecule has 16 heavy (non-hydrogen) atoms. The van der Waals surface area contributed by atoms with Crippen LogP contribution >= 0.6 is 0 Å². The smallest absolute Gasteiger partial charge is 0.312 e. The summed E-state index contributed by atoms with van der Waals surface area (Å²) in [6, 6.07) is 0. The van der Waals surface area contributed by atoms with Gasteiger partial charge in [-0.1, -0.05) is 48.0 Å². The van der Waals surface area contributed by atoms with Crippen molar-refractivity contribution in [2.75, 3.05) is 7.11 Å². The molecule has 0 heterocycles. The van der Waals surface area contributed by atoms with E-state index >= 15 is 0 Å². The van der Waals surface area contributed by atoms with Crippen LogP contribution in [0.25, 0.3) is 0 Å². The molecule has 0 N–H and O–H groups in total. The molecule has 0 aromatic rings. The maximum Gasteiger partial charge on any atom is 0.312 e. The van der Waals surface area contributed by atoms with Crippen molar-refractivity contribution in [1.29, 1.82) is 0 Å². The fourth-order valence-corrected chi connectivity index (χ4v) is 1.95. The fraction of sp³-hybridized carbons (Fsp3) is 0.929. The molecule has 0 aliphatic carbocycles. The number of esters is 1. The summed E-state index contributed by atoms with van der Waals surface area (Å²) in [6.45, 7) is 14.9. The highest BCUT2D eigenvalue weighted by atomic mass is 16.5. The second-order valence-electron chi connectivity index (χ2n) is 6.77. The lowest BCUT2D eigenvalue weighted by Gasteiger charge is -2.43. The SMILES string of the molecule is CCC(C)(C)CC(C)(C(=O)OC)C(C)(C)C. The van der Waals surface area contributed by atoms with E-state index in [1.807, 2.05) is 6.92 Å². The average molecular weight is 228 g/mol. The van der Waals surface area contributed by atoms with Gasteiger partial charge in [-0.05, 0) is 24.2 Å². The monoisotopic (exact) mass is 228 g/mol. The van der Waals surface area contributed by atoms with Gasteiger partial charge in [0.1, 0.15) is 0 Å². The molecule has 1 unspecified atom stereocenters. The molecule has 0 saturated heterocycles. The van der Waals surface area contributed by atoms with Crippen LogP contribution in [0.4, 0.5) is 0 Å². The van der Waals surface area contributed by atoms with Gasteiger partial charge >= 0.3 is 5.97 Å². The number of hydrogen-bond donors (Lipinski definition) is 0. The maximum absolute atomic E-state index is 12.1. The first-order chi connectivity index (χ1) is 7.00. The van der Waals surface area contributed by atoms with Crippen molar-refractivity contribution in [3.8, 4) is 0 Å². The number of rotatable bonds is 4. The van der Waals surface area contributed by atoms with Crippen LogP contribution in [0.3, 0.4) is 0 Å². The summed E-state index contributed by atoms with van der Waals surface area (Å²) >= 11 is 0. The molecule has 0 radical (unpaired) electrons. The maximum atomic E-state index is 12.1. The van der Waals surface area contributed by atoms with E-state index in [1.165, 1.54) is 7.11 Å². The predicted molar refractivity (Wildman–Crippen MR) is 68.3 cm³/mol. The molecule has 0 aromatic carbocycles. The molecule has 0 saturated carbocycles. The first-order valence-electron chi connectivity index (χ1n) is 6.08. The van der Waals surface area contributed by atoms with Crippen molar-refractivity contribution in [2.45, 2.75) is 61.3 Å². The molecule has 2 heteroatoms. The van der Waals surface area contributed by atoms with Crippen LogP contribution in [-0.2, 0) is 9.53 Å². The third-order valence-corrected chi connectivity index (χ3v) is 4.08. The van der Waals surface area contributed by atoms with Crippen molar-refractivity contribution >= 4 is 5.97 Å². The van der Waals surface area contributed by atoms with E-state index in [9.17, 15) is 4.79 Å². The normalized spacial score (nSPS) is 16.8. The Morgan fingerprint density at radius 3 is 1.75 bits per heavy atom. The van der Waals surface area contributed by atoms with E-state index in [0.29, 0.717) is 0 Å². The summed E-state index contributed by atoms with van der Waals surface area (Å²) < 4.78 is 4.99. The molecule has 96 valence electrons. The minimum atomic E-state index is -0.429. The van der Waals surface area contributed by atoms with Crippen LogP contribution in [0.5, 0.6) is 0 Å². The van der Waals surface area contributed by atoms with Gasteiger partial charge in [-0.3, -0.25) is 4.79 Å². The highest BCUT2D eigenvalue weighted by Crippen LogP contribution is 2.48. The van der Waals surface area contributed by atoms with Gasteiger partial charge in [0.25, 0.3) is 0 Å². The number of ether oxygens (including phenoxy) is 1. The molecule has 0 aliphatic rings. The standard InChI is InChI=1S/C14H28O2/c1-9-13(5,6)10-14(7,11(15)16-8)12(2,3)4/h9-10H2,1-8H3. The summed E-state index contributed by atoms with van der Waals surface area (Å²) in [7, 11) is 1.48. The van der Waals surface area contributed by atoms with Crippen molar-refractivity contribution in [3.05, 3.63) is 0 Å². The Balaban J connectivity index is 5.20. The Labute approximate surface area is 101 Å². The van der Waals surface area contributed by atoms with Gasteiger partial charge in [-0.25, -0.2) is 0 Å². The minimum Gasteiger partial charge on any atom is -0.469 e. The van der Waals surface area contributed by atoms with Crippen LogP contribution < -0.4 is 0 Å². The van der Waals surface area contributed by atoms with Gasteiger partial charge in [0, 0.05) is 0 Å². The Kier molecular flexibility index (Phi) is 4.61. The number of methoxy groups -OCH3 is 1. The van der Waals surface area contributed by atoms with Crippen molar-refractivity contribution < 1.29 is 9.53 Å². The molecular weight excluding hydrogens is 200 g/mol. The zero-order chi connectivity index (χ0) is 13.2. The van der Waals surface area contributed by atoms with Crippen LogP contribution in [0.1, 0.15) is 61.3 Å². The highest BCUT2D eigenvalue weighted by molar-refractivity contribution is 5.77. The van der Waals surface area contributed by atoms with Crippen molar-refractivity contribution in [2.24, 2.45) is 16.2 Å². The second kappa shape index (κ2) is 4.77. The third kappa shape index (κ3) is 3.23. The predicted octanol–water partition coefficient (Wildman–Crippen LogP) is 4.04.